The first-order valence-corrected chi connectivity index (χ1v) is 6.45. The lowest BCUT2D eigenvalue weighted by Gasteiger charge is -2.05. The number of rotatable bonds is 3. The van der Waals surface area contributed by atoms with Gasteiger partial charge >= 0.3 is 0 Å². The lowest BCUT2D eigenvalue weighted by Crippen LogP contribution is -2.05. The van der Waals surface area contributed by atoms with Gasteiger partial charge in [0.25, 0.3) is 0 Å². The molecule has 2 N–H and O–H groups in total. The van der Waals surface area contributed by atoms with Gasteiger partial charge < -0.3 is 5.73 Å². The lowest BCUT2D eigenvalue weighted by molar-refractivity contribution is 0.0994. The number of pyridine rings is 1. The van der Waals surface area contributed by atoms with E-state index in [1.165, 1.54) is 0 Å². The van der Waals surface area contributed by atoms with Crippen LogP contribution in [0.25, 0.3) is 10.9 Å². The Labute approximate surface area is 117 Å². The summed E-state index contributed by atoms with van der Waals surface area (Å²) in [5.41, 5.74) is 8.74. The smallest absolute Gasteiger partial charge is 0.169 e. The standard InChI is InChI=1S/C17H14N2O/c18-14-7-1-4-12(10-14)11-16(20)15-8-2-5-13-6-3-9-19-17(13)15/h1-10H,11,18H2. The molecule has 3 aromatic rings. The monoisotopic (exact) mass is 262 g/mol. The second kappa shape index (κ2) is 5.13. The van der Waals surface area contributed by atoms with Crippen LogP contribution >= 0.6 is 0 Å². The van der Waals surface area contributed by atoms with Gasteiger partial charge in [-0.3, -0.25) is 9.78 Å². The molecule has 0 saturated carbocycles. The molecule has 0 aliphatic heterocycles. The molecule has 3 rings (SSSR count). The molecule has 1 aromatic heterocycles. The Morgan fingerprint density at radius 3 is 2.70 bits per heavy atom. The number of fused-ring (bicyclic) bond motifs is 1. The maximum atomic E-state index is 12.5. The molecule has 2 aromatic carbocycles. The summed E-state index contributed by atoms with van der Waals surface area (Å²) in [6, 6.07) is 16.9. The van der Waals surface area contributed by atoms with Crippen LogP contribution in [0.4, 0.5) is 5.69 Å². The van der Waals surface area contributed by atoms with Gasteiger partial charge in [-0.1, -0.05) is 30.3 Å². The van der Waals surface area contributed by atoms with Gasteiger partial charge in [0.1, 0.15) is 0 Å². The normalized spacial score (nSPS) is 10.6. The fraction of sp³-hybridized carbons (Fsp3) is 0.0588. The third-order valence-electron chi connectivity index (χ3n) is 3.25. The molecular formula is C17H14N2O. The van der Waals surface area contributed by atoms with E-state index in [2.05, 4.69) is 4.98 Å². The SMILES string of the molecule is Nc1cccc(CC(=O)c2cccc3cccnc23)c1. The van der Waals surface area contributed by atoms with Crippen LogP contribution in [-0.4, -0.2) is 10.8 Å². The molecular weight excluding hydrogens is 248 g/mol. The minimum Gasteiger partial charge on any atom is -0.399 e. The van der Waals surface area contributed by atoms with E-state index >= 15 is 0 Å². The van der Waals surface area contributed by atoms with E-state index < -0.39 is 0 Å². The minimum atomic E-state index is 0.0555. The number of Topliss-reactive ketones (excluding diaryl/α,β-unsaturated/α-hetero) is 1. The van der Waals surface area contributed by atoms with Crippen molar-refractivity contribution in [2.24, 2.45) is 0 Å². The quantitative estimate of drug-likeness (QED) is 0.582. The zero-order chi connectivity index (χ0) is 13.9. The maximum Gasteiger partial charge on any atom is 0.169 e. The summed E-state index contributed by atoms with van der Waals surface area (Å²) in [7, 11) is 0. The molecule has 0 spiro atoms. The third kappa shape index (κ3) is 2.38. The number of benzene rings is 2. The first-order valence-electron chi connectivity index (χ1n) is 6.45. The van der Waals surface area contributed by atoms with Crippen molar-refractivity contribution in [2.45, 2.75) is 6.42 Å². The van der Waals surface area contributed by atoms with Crippen LogP contribution in [0.3, 0.4) is 0 Å². The summed E-state index contributed by atoms with van der Waals surface area (Å²) in [5.74, 6) is 0.0555. The van der Waals surface area contributed by atoms with Gasteiger partial charge in [-0.2, -0.15) is 0 Å². The predicted octanol–water partition coefficient (Wildman–Crippen LogP) is 3.24. The number of aromatic nitrogens is 1. The van der Waals surface area contributed by atoms with E-state index in [-0.39, 0.29) is 5.78 Å². The number of nitrogens with zero attached hydrogens (tertiary/aromatic N) is 1. The number of carbonyl (C=O) groups is 1. The van der Waals surface area contributed by atoms with E-state index in [4.69, 9.17) is 5.73 Å². The number of ketones is 1. The Morgan fingerprint density at radius 1 is 1.05 bits per heavy atom. The second-order valence-corrected chi connectivity index (χ2v) is 4.73. The van der Waals surface area contributed by atoms with E-state index in [0.717, 1.165) is 16.5 Å². The Balaban J connectivity index is 1.97. The zero-order valence-electron chi connectivity index (χ0n) is 10.9. The van der Waals surface area contributed by atoms with Gasteiger partial charge in [-0.25, -0.2) is 0 Å². The van der Waals surface area contributed by atoms with Crippen molar-refractivity contribution in [3.63, 3.8) is 0 Å². The zero-order valence-corrected chi connectivity index (χ0v) is 10.9. The molecule has 0 unspecified atom stereocenters. The largest absolute Gasteiger partial charge is 0.399 e. The van der Waals surface area contributed by atoms with E-state index in [0.29, 0.717) is 17.7 Å². The second-order valence-electron chi connectivity index (χ2n) is 4.73. The number of hydrogen-bond donors (Lipinski definition) is 1. The van der Waals surface area contributed by atoms with Crippen LogP contribution in [0.15, 0.2) is 60.8 Å². The fourth-order valence-electron chi connectivity index (χ4n) is 2.31. The van der Waals surface area contributed by atoms with Crippen LogP contribution in [0, 0.1) is 0 Å². The third-order valence-corrected chi connectivity index (χ3v) is 3.25. The average molecular weight is 262 g/mol. The van der Waals surface area contributed by atoms with Crippen molar-refractivity contribution < 1.29 is 4.79 Å². The van der Waals surface area contributed by atoms with Crippen LogP contribution < -0.4 is 5.73 Å². The van der Waals surface area contributed by atoms with Crippen molar-refractivity contribution in [2.75, 3.05) is 5.73 Å². The van der Waals surface area contributed by atoms with Crippen molar-refractivity contribution >= 4 is 22.4 Å². The minimum absolute atomic E-state index is 0.0555. The summed E-state index contributed by atoms with van der Waals surface area (Å²) in [6.45, 7) is 0. The fourth-order valence-corrected chi connectivity index (χ4v) is 2.31. The summed E-state index contributed by atoms with van der Waals surface area (Å²) < 4.78 is 0. The molecule has 0 fully saturated rings. The molecule has 0 saturated heterocycles. The first kappa shape index (κ1) is 12.4. The van der Waals surface area contributed by atoms with E-state index in [1.54, 1.807) is 6.20 Å². The number of carbonyl (C=O) groups excluding carboxylic acids is 1. The van der Waals surface area contributed by atoms with E-state index in [1.807, 2.05) is 54.6 Å². The average Bonchev–Trinajstić information content (AvgIpc) is 2.46. The topological polar surface area (TPSA) is 56.0 Å². The molecule has 0 aliphatic rings. The molecule has 0 atom stereocenters. The van der Waals surface area contributed by atoms with Gasteiger partial charge in [0, 0.05) is 29.3 Å². The van der Waals surface area contributed by atoms with Crippen LogP contribution in [0.1, 0.15) is 15.9 Å². The van der Waals surface area contributed by atoms with Crippen molar-refractivity contribution in [3.05, 3.63) is 71.9 Å². The van der Waals surface area contributed by atoms with Crippen molar-refractivity contribution in [3.8, 4) is 0 Å². The highest BCUT2D eigenvalue weighted by Gasteiger charge is 2.11. The van der Waals surface area contributed by atoms with Gasteiger partial charge in [-0.05, 0) is 29.8 Å². The van der Waals surface area contributed by atoms with Gasteiger partial charge in [0.2, 0.25) is 0 Å². The van der Waals surface area contributed by atoms with Crippen LogP contribution in [-0.2, 0) is 6.42 Å². The summed E-state index contributed by atoms with van der Waals surface area (Å²) in [5, 5.41) is 0.978. The van der Waals surface area contributed by atoms with Crippen molar-refractivity contribution in [1.82, 2.24) is 4.98 Å². The molecule has 0 aliphatic carbocycles. The summed E-state index contributed by atoms with van der Waals surface area (Å²) in [6.07, 6.45) is 2.04. The number of nitrogens with two attached hydrogens (primary N) is 1. The highest BCUT2D eigenvalue weighted by molar-refractivity contribution is 6.07. The molecule has 0 radical (unpaired) electrons. The Bertz CT molecular complexity index is 775. The number of nitrogen functional groups attached to an aromatic ring is 1. The molecule has 20 heavy (non-hydrogen) atoms. The number of hydrogen-bond acceptors (Lipinski definition) is 3. The molecule has 1 heterocycles. The molecule has 3 nitrogen and oxygen atoms in total. The van der Waals surface area contributed by atoms with E-state index in [9.17, 15) is 4.79 Å². The van der Waals surface area contributed by atoms with Gasteiger partial charge in [0.15, 0.2) is 5.78 Å². The van der Waals surface area contributed by atoms with Crippen LogP contribution in [0.5, 0.6) is 0 Å². The van der Waals surface area contributed by atoms with Crippen LogP contribution in [0.2, 0.25) is 0 Å². The maximum absolute atomic E-state index is 12.5. The van der Waals surface area contributed by atoms with Crippen molar-refractivity contribution in [1.29, 1.82) is 0 Å². The summed E-state index contributed by atoms with van der Waals surface area (Å²) >= 11 is 0. The molecule has 3 heteroatoms. The molecule has 98 valence electrons. The summed E-state index contributed by atoms with van der Waals surface area (Å²) in [4.78, 5) is 16.8. The number of para-hydroxylation sites is 1. The van der Waals surface area contributed by atoms with Gasteiger partial charge in [-0.15, -0.1) is 0 Å². The Hall–Kier alpha value is -2.68. The highest BCUT2D eigenvalue weighted by atomic mass is 16.1. The highest BCUT2D eigenvalue weighted by Crippen LogP contribution is 2.18. The molecule has 0 bridgehead atoms. The first-order chi connectivity index (χ1) is 9.74. The Morgan fingerprint density at radius 2 is 1.85 bits per heavy atom. The lowest BCUT2D eigenvalue weighted by atomic mass is 10.0. The van der Waals surface area contributed by atoms with Gasteiger partial charge in [0.05, 0.1) is 5.52 Å². The number of anilines is 1. The molecule has 0 amide bonds. The Kier molecular flexibility index (Phi) is 3.17. The predicted molar refractivity (Wildman–Crippen MR) is 80.6 cm³/mol.